The summed E-state index contributed by atoms with van der Waals surface area (Å²) in [5.74, 6) is 2.19. The Morgan fingerprint density at radius 3 is 2.76 bits per heavy atom. The van der Waals surface area contributed by atoms with Gasteiger partial charge >= 0.3 is 0 Å². The Labute approximate surface area is 174 Å². The molecule has 3 heterocycles. The second kappa shape index (κ2) is 8.44. The first kappa shape index (κ1) is 19.8. The summed E-state index contributed by atoms with van der Waals surface area (Å²) in [5.41, 5.74) is 2.62. The number of hydrogen-bond donors (Lipinski definition) is 2. The lowest BCUT2D eigenvalue weighted by Crippen LogP contribution is -2.38. The SMILES string of the molecule is CNc1cc(Nc2ccc(C(C)N3CCOCC3)cc2OC)n2ncc(Cl)c2n1. The summed E-state index contributed by atoms with van der Waals surface area (Å²) < 4.78 is 12.8. The van der Waals surface area contributed by atoms with Crippen molar-refractivity contribution in [1.82, 2.24) is 19.5 Å². The fraction of sp³-hybridized carbons (Fsp3) is 0.400. The molecule has 1 aliphatic heterocycles. The highest BCUT2D eigenvalue weighted by molar-refractivity contribution is 6.33. The zero-order chi connectivity index (χ0) is 20.4. The molecule has 4 rings (SSSR count). The van der Waals surface area contributed by atoms with E-state index >= 15 is 0 Å². The van der Waals surface area contributed by atoms with Crippen molar-refractivity contribution >= 4 is 34.6 Å². The molecule has 1 saturated heterocycles. The van der Waals surface area contributed by atoms with E-state index in [1.54, 1.807) is 17.8 Å². The van der Waals surface area contributed by atoms with Gasteiger partial charge in [0, 0.05) is 32.2 Å². The molecule has 0 radical (unpaired) electrons. The molecule has 2 N–H and O–H groups in total. The van der Waals surface area contributed by atoms with E-state index in [4.69, 9.17) is 21.1 Å². The second-order valence-corrected chi connectivity index (χ2v) is 7.32. The highest BCUT2D eigenvalue weighted by Crippen LogP contribution is 2.33. The number of nitrogens with one attached hydrogen (secondary N) is 2. The van der Waals surface area contributed by atoms with Crippen LogP contribution in [0.1, 0.15) is 18.5 Å². The molecule has 0 amide bonds. The van der Waals surface area contributed by atoms with E-state index in [0.717, 1.165) is 43.6 Å². The summed E-state index contributed by atoms with van der Waals surface area (Å²) in [4.78, 5) is 6.88. The third-order valence-corrected chi connectivity index (χ3v) is 5.52. The highest BCUT2D eigenvalue weighted by atomic mass is 35.5. The first-order chi connectivity index (χ1) is 14.1. The number of morpholine rings is 1. The van der Waals surface area contributed by atoms with E-state index in [1.165, 1.54) is 5.56 Å². The maximum Gasteiger partial charge on any atom is 0.178 e. The third kappa shape index (κ3) is 3.96. The van der Waals surface area contributed by atoms with Crippen LogP contribution in [-0.4, -0.2) is 60.0 Å². The largest absolute Gasteiger partial charge is 0.495 e. The van der Waals surface area contributed by atoms with Crippen molar-refractivity contribution < 1.29 is 9.47 Å². The number of fused-ring (bicyclic) bond motifs is 1. The molecule has 0 aliphatic carbocycles. The summed E-state index contributed by atoms with van der Waals surface area (Å²) in [5, 5.41) is 11.3. The normalized spacial score (nSPS) is 16.0. The van der Waals surface area contributed by atoms with Crippen LogP contribution in [0, 0.1) is 0 Å². The summed E-state index contributed by atoms with van der Waals surface area (Å²) in [6, 6.07) is 8.39. The molecular formula is C20H25ClN6O2. The van der Waals surface area contributed by atoms with Crippen molar-refractivity contribution in [3.8, 4) is 5.75 Å². The Balaban J connectivity index is 1.65. The molecule has 1 aliphatic rings. The first-order valence-electron chi connectivity index (χ1n) is 9.59. The molecule has 1 unspecified atom stereocenters. The van der Waals surface area contributed by atoms with Crippen LogP contribution in [0.4, 0.5) is 17.3 Å². The van der Waals surface area contributed by atoms with Gasteiger partial charge in [-0.25, -0.2) is 4.98 Å². The summed E-state index contributed by atoms with van der Waals surface area (Å²) in [7, 11) is 3.49. The van der Waals surface area contributed by atoms with Crippen LogP contribution >= 0.6 is 11.6 Å². The van der Waals surface area contributed by atoms with Crippen molar-refractivity contribution in [1.29, 1.82) is 0 Å². The van der Waals surface area contributed by atoms with Crippen LogP contribution in [-0.2, 0) is 4.74 Å². The van der Waals surface area contributed by atoms with E-state index in [-0.39, 0.29) is 6.04 Å². The Morgan fingerprint density at radius 2 is 2.03 bits per heavy atom. The lowest BCUT2D eigenvalue weighted by Gasteiger charge is -2.32. The maximum absolute atomic E-state index is 6.22. The van der Waals surface area contributed by atoms with Gasteiger partial charge in [0.2, 0.25) is 0 Å². The molecule has 8 nitrogen and oxygen atoms in total. The van der Waals surface area contributed by atoms with Crippen LogP contribution in [0.5, 0.6) is 5.75 Å². The number of methoxy groups -OCH3 is 1. The van der Waals surface area contributed by atoms with Crippen molar-refractivity contribution in [3.05, 3.63) is 41.0 Å². The number of aromatic nitrogens is 3. The van der Waals surface area contributed by atoms with Crippen molar-refractivity contribution in [2.75, 3.05) is 51.1 Å². The minimum absolute atomic E-state index is 0.287. The van der Waals surface area contributed by atoms with Crippen LogP contribution in [0.2, 0.25) is 5.02 Å². The van der Waals surface area contributed by atoms with E-state index in [2.05, 4.69) is 44.7 Å². The predicted octanol–water partition coefficient (Wildman–Crippen LogP) is 3.57. The Morgan fingerprint density at radius 1 is 1.24 bits per heavy atom. The Bertz CT molecular complexity index is 1000. The molecule has 154 valence electrons. The average Bonchev–Trinajstić information content (AvgIpc) is 3.15. The molecule has 1 fully saturated rings. The second-order valence-electron chi connectivity index (χ2n) is 6.91. The first-order valence-corrected chi connectivity index (χ1v) is 9.97. The fourth-order valence-electron chi connectivity index (χ4n) is 3.54. The van der Waals surface area contributed by atoms with Crippen LogP contribution < -0.4 is 15.4 Å². The van der Waals surface area contributed by atoms with Crippen LogP contribution in [0.15, 0.2) is 30.5 Å². The number of rotatable bonds is 6. The van der Waals surface area contributed by atoms with E-state index < -0.39 is 0 Å². The molecule has 0 saturated carbocycles. The van der Waals surface area contributed by atoms with Gasteiger partial charge in [-0.15, -0.1) is 0 Å². The molecule has 9 heteroatoms. The fourth-order valence-corrected chi connectivity index (χ4v) is 3.70. The number of benzene rings is 1. The van der Waals surface area contributed by atoms with E-state index in [1.807, 2.05) is 19.2 Å². The van der Waals surface area contributed by atoms with Crippen molar-refractivity contribution in [2.45, 2.75) is 13.0 Å². The Kier molecular flexibility index (Phi) is 5.75. The van der Waals surface area contributed by atoms with Crippen LogP contribution in [0.3, 0.4) is 0 Å². The number of anilines is 3. The standard InChI is InChI=1S/C20H25ClN6O2/c1-13(26-6-8-29-9-7-26)14-4-5-16(17(10-14)28-3)24-19-11-18(22-2)25-20-15(21)12-23-27(19)20/h4-5,10-13,24H,6-9H2,1-3H3,(H,22,25). The molecule has 1 atom stereocenters. The average molecular weight is 417 g/mol. The molecule has 1 aromatic carbocycles. The quantitative estimate of drug-likeness (QED) is 0.636. The van der Waals surface area contributed by atoms with Gasteiger partial charge < -0.3 is 20.1 Å². The van der Waals surface area contributed by atoms with E-state index in [0.29, 0.717) is 16.5 Å². The van der Waals surface area contributed by atoms with Gasteiger partial charge in [-0.1, -0.05) is 17.7 Å². The van der Waals surface area contributed by atoms with Gasteiger partial charge in [0.25, 0.3) is 0 Å². The Hall–Kier alpha value is -2.55. The van der Waals surface area contributed by atoms with E-state index in [9.17, 15) is 0 Å². The molecule has 29 heavy (non-hydrogen) atoms. The van der Waals surface area contributed by atoms with Crippen molar-refractivity contribution in [3.63, 3.8) is 0 Å². The summed E-state index contributed by atoms with van der Waals surface area (Å²) >= 11 is 6.22. The number of hydrogen-bond acceptors (Lipinski definition) is 7. The highest BCUT2D eigenvalue weighted by Gasteiger charge is 2.20. The molecule has 0 spiro atoms. The topological polar surface area (TPSA) is 76.0 Å². The van der Waals surface area contributed by atoms with Crippen molar-refractivity contribution in [2.24, 2.45) is 0 Å². The van der Waals surface area contributed by atoms with Gasteiger partial charge in [-0.05, 0) is 24.6 Å². The molecule has 2 aromatic heterocycles. The van der Waals surface area contributed by atoms with Crippen LogP contribution in [0.25, 0.3) is 5.65 Å². The lowest BCUT2D eigenvalue weighted by molar-refractivity contribution is 0.0198. The molecular weight excluding hydrogens is 392 g/mol. The zero-order valence-electron chi connectivity index (χ0n) is 16.8. The smallest absolute Gasteiger partial charge is 0.178 e. The number of halogens is 1. The predicted molar refractivity (Wildman–Crippen MR) is 115 cm³/mol. The number of ether oxygens (including phenoxy) is 2. The lowest BCUT2D eigenvalue weighted by atomic mass is 10.1. The summed E-state index contributed by atoms with van der Waals surface area (Å²) in [6.45, 7) is 5.64. The minimum Gasteiger partial charge on any atom is -0.495 e. The maximum atomic E-state index is 6.22. The number of nitrogens with zero attached hydrogens (tertiary/aromatic N) is 4. The molecule has 0 bridgehead atoms. The van der Waals surface area contributed by atoms with Gasteiger partial charge in [-0.3, -0.25) is 4.90 Å². The zero-order valence-corrected chi connectivity index (χ0v) is 17.5. The minimum atomic E-state index is 0.287. The summed E-state index contributed by atoms with van der Waals surface area (Å²) in [6.07, 6.45) is 1.58. The van der Waals surface area contributed by atoms with Gasteiger partial charge in [-0.2, -0.15) is 9.61 Å². The van der Waals surface area contributed by atoms with Gasteiger partial charge in [0.1, 0.15) is 22.4 Å². The monoisotopic (exact) mass is 416 g/mol. The van der Waals surface area contributed by atoms with Gasteiger partial charge in [0.15, 0.2) is 5.65 Å². The third-order valence-electron chi connectivity index (χ3n) is 5.25. The molecule has 3 aromatic rings. The van der Waals surface area contributed by atoms with Gasteiger partial charge in [0.05, 0.1) is 32.2 Å².